The number of Topliss-reactive ketones (excluding diaryl/α,β-unsaturated/α-hetero) is 2. The van der Waals surface area contributed by atoms with Crippen molar-refractivity contribution in [3.8, 4) is 72.9 Å². The minimum atomic E-state index is -4.58. The fourth-order valence-corrected chi connectivity index (χ4v) is 10.5. The van der Waals surface area contributed by atoms with Gasteiger partial charge in [0.15, 0.2) is 17.1 Å². The summed E-state index contributed by atoms with van der Waals surface area (Å²) in [5.74, 6) is -5.58. The standard InChI is InChI=1S/C12H10N4O2.C12H13N3O2.C11H8F3N3O2.C11H12N4O2.C10H10N4O2.C9H7F2N3O2S.Na/c1-16-12(10(18)7-17)9(6-15-16)11-8(5-13)3-2-4-14-11;1-7-4-8(2)14-10(5-7)9-6-13-15(3)11(9)12(16)17;1-17-9(10(18)19)6(5-15-17)7-3-2-4-8(16-7)11(12,13)14;1-7-3-12-5-9(14-7)8-4-13-15(2)11(8)10(17)6-16;1-6-3-11-5-8(13-6)7-4-12-14(2)9(7)10(15)16;1-14-6(9(15)16)4(2-12-14)8-13-5(3-17-8)7(10)11;/h2-4,6,17H,7H2,1H3;4-6H,1-3H3,(H,16,17);2-5H,1H3,(H,18,19);3-5,16H,6H2,1-2H3;3-5H,1-2H3,(H,15,16);2-3,7H,1H3,(H,15,16);/q;;;;;;+1/p-1. The molecule has 0 spiro atoms. The number of aromatic carboxylic acids is 4. The van der Waals surface area contributed by atoms with Gasteiger partial charge in [-0.25, -0.2) is 43.1 Å². The summed E-state index contributed by atoms with van der Waals surface area (Å²) in [6.07, 6.45) is 9.09. The van der Waals surface area contributed by atoms with Crippen molar-refractivity contribution in [3.63, 3.8) is 0 Å². The van der Waals surface area contributed by atoms with Crippen molar-refractivity contribution in [2.24, 2.45) is 42.3 Å². The largest absolute Gasteiger partial charge is 1.00 e. The molecule has 12 heterocycles. The molecule has 0 aliphatic rings. The second kappa shape index (κ2) is 36.1. The molecule has 0 bridgehead atoms. The summed E-state index contributed by atoms with van der Waals surface area (Å²) in [6.45, 7) is 6.26. The first kappa shape index (κ1) is 81.7. The van der Waals surface area contributed by atoms with E-state index in [0.717, 1.165) is 44.7 Å². The van der Waals surface area contributed by atoms with Gasteiger partial charge in [0.25, 0.3) is 6.43 Å². The Balaban J connectivity index is 0.000000197. The number of pyridine rings is 3. The topological polar surface area (TPSA) is 460 Å². The quantitative estimate of drug-likeness (QED) is 0.0556. The normalized spacial score (nSPS) is 10.6. The average Bonchev–Trinajstić information content (AvgIpc) is 1.78. The molecule has 538 valence electrons. The molecule has 0 aliphatic carbocycles. The Labute approximate surface area is 616 Å². The SMILES string of the molecule is Cc1cc(C)nc(-c2cnn(C)c2C(=O)[O-])c1.Cc1cncc(-c2cnn(C)c2C(=O)CO)n1.Cc1cncc(-c2cnn(C)c2C(=O)O)n1.Cn1ncc(-c2cccc(C(F)(F)F)n2)c1C(=O)O.Cn1ncc(-c2nc(C(F)F)cs2)c1C(=O)O.Cn1ncc(-c2ncccc2C#N)c1C(=O)CO.[Na+]. The maximum Gasteiger partial charge on any atom is 1.00 e. The second-order valence-electron chi connectivity index (χ2n) is 21.6. The number of alkyl halides is 5. The molecule has 0 aromatic carbocycles. The van der Waals surface area contributed by atoms with Crippen LogP contribution in [0.25, 0.3) is 66.9 Å². The van der Waals surface area contributed by atoms with Gasteiger partial charge in [0.1, 0.15) is 47.1 Å². The van der Waals surface area contributed by atoms with Crippen LogP contribution in [0.15, 0.2) is 116 Å². The molecule has 0 atom stereocenters. The molecular formula is C65H59F5N21NaO12S. The van der Waals surface area contributed by atoms with E-state index in [4.69, 9.17) is 30.8 Å². The van der Waals surface area contributed by atoms with Crippen LogP contribution in [-0.2, 0) is 48.5 Å². The molecule has 33 nitrogen and oxygen atoms in total. The number of nitriles is 1. The molecule has 40 heteroatoms. The molecule has 0 saturated heterocycles. The van der Waals surface area contributed by atoms with Gasteiger partial charge in [-0.2, -0.15) is 49.0 Å². The van der Waals surface area contributed by atoms with E-state index in [1.165, 1.54) is 98.4 Å². The Morgan fingerprint density at radius 2 is 0.943 bits per heavy atom. The number of halogens is 5. The predicted octanol–water partition coefficient (Wildman–Crippen LogP) is 3.62. The Hall–Kier alpha value is -12.2. The Morgan fingerprint density at radius 3 is 1.37 bits per heavy atom. The summed E-state index contributed by atoms with van der Waals surface area (Å²) in [4.78, 5) is 99.5. The van der Waals surface area contributed by atoms with E-state index in [1.54, 1.807) is 72.0 Å². The molecule has 0 amide bonds. The molecule has 0 aliphatic heterocycles. The molecule has 12 aromatic rings. The summed E-state index contributed by atoms with van der Waals surface area (Å²) in [5, 5.41) is 89.8. The molecule has 0 saturated carbocycles. The van der Waals surface area contributed by atoms with Gasteiger partial charge in [-0.1, -0.05) is 6.07 Å². The van der Waals surface area contributed by atoms with Crippen molar-refractivity contribution in [2.75, 3.05) is 13.2 Å². The smallest absolute Gasteiger partial charge is 0.543 e. The molecule has 5 N–H and O–H groups in total. The summed E-state index contributed by atoms with van der Waals surface area (Å²) < 4.78 is 70.0. The molecular weight excluding hydrogens is 1420 g/mol. The molecule has 105 heavy (non-hydrogen) atoms. The summed E-state index contributed by atoms with van der Waals surface area (Å²) in [5.41, 5.74) is 7.04. The monoisotopic (exact) mass is 1480 g/mol. The van der Waals surface area contributed by atoms with Crippen molar-refractivity contribution in [2.45, 2.75) is 40.3 Å². The van der Waals surface area contributed by atoms with Crippen LogP contribution in [0.5, 0.6) is 0 Å². The van der Waals surface area contributed by atoms with Crippen molar-refractivity contribution in [1.29, 1.82) is 5.26 Å². The first-order valence-electron chi connectivity index (χ1n) is 29.7. The van der Waals surface area contributed by atoms with E-state index in [1.807, 2.05) is 39.0 Å². The number of nitrogens with zero attached hydrogens (tertiary/aromatic N) is 21. The third-order valence-corrected chi connectivity index (χ3v) is 15.1. The number of rotatable bonds is 15. The van der Waals surface area contributed by atoms with E-state index < -0.39 is 61.2 Å². The van der Waals surface area contributed by atoms with Crippen LogP contribution in [0.2, 0.25) is 0 Å². The zero-order chi connectivity index (χ0) is 76.6. The number of carbonyl (C=O) groups excluding carboxylic acids is 3. The summed E-state index contributed by atoms with van der Waals surface area (Å²) >= 11 is 0.968. The molecule has 0 fully saturated rings. The number of aromatic nitrogens is 20. The Kier molecular flexibility index (Phi) is 28.1. The van der Waals surface area contributed by atoms with Crippen LogP contribution in [0.4, 0.5) is 22.0 Å². The number of aliphatic hydroxyl groups is 2. The zero-order valence-corrected chi connectivity index (χ0v) is 60.1. The molecule has 0 radical (unpaired) electrons. The number of aliphatic hydroxyl groups excluding tert-OH is 2. The Morgan fingerprint density at radius 1 is 0.524 bits per heavy atom. The van der Waals surface area contributed by atoms with Gasteiger partial charge >= 0.3 is 53.6 Å². The van der Waals surface area contributed by atoms with E-state index in [9.17, 15) is 55.8 Å². The predicted molar refractivity (Wildman–Crippen MR) is 354 cm³/mol. The second-order valence-corrected chi connectivity index (χ2v) is 22.5. The van der Waals surface area contributed by atoms with Gasteiger partial charge in [-0.3, -0.25) is 57.6 Å². The van der Waals surface area contributed by atoms with E-state index >= 15 is 0 Å². The van der Waals surface area contributed by atoms with Gasteiger partial charge in [0.05, 0.1) is 134 Å². The number of carboxylic acids is 4. The maximum atomic E-state index is 12.5. The fourth-order valence-electron chi connectivity index (χ4n) is 9.65. The van der Waals surface area contributed by atoms with Gasteiger partial charge in [0.2, 0.25) is 11.6 Å². The number of hydrogen-bond donors (Lipinski definition) is 5. The fraction of sp³-hybridized carbons (Fsp3) is 0.215. The summed E-state index contributed by atoms with van der Waals surface area (Å²) in [7, 11) is 9.25. The van der Waals surface area contributed by atoms with Crippen LogP contribution in [0.3, 0.4) is 0 Å². The Bertz CT molecular complexity index is 5170. The van der Waals surface area contributed by atoms with Gasteiger partial charge in [0, 0.05) is 77.5 Å². The molecule has 12 rings (SSSR count). The van der Waals surface area contributed by atoms with Crippen molar-refractivity contribution >= 4 is 46.8 Å². The maximum absolute atomic E-state index is 12.5. The average molecular weight is 1480 g/mol. The summed E-state index contributed by atoms with van der Waals surface area (Å²) in [6, 6.07) is 12.3. The van der Waals surface area contributed by atoms with Crippen LogP contribution < -0.4 is 34.7 Å². The van der Waals surface area contributed by atoms with Gasteiger partial charge in [-0.15, -0.1) is 11.3 Å². The van der Waals surface area contributed by atoms with Crippen LogP contribution in [0, 0.1) is 39.0 Å². The third-order valence-electron chi connectivity index (χ3n) is 14.2. The van der Waals surface area contributed by atoms with Crippen LogP contribution >= 0.6 is 11.3 Å². The van der Waals surface area contributed by atoms with E-state index in [2.05, 4.69) is 70.5 Å². The zero-order valence-electron chi connectivity index (χ0n) is 57.2. The first-order valence-corrected chi connectivity index (χ1v) is 30.6. The number of carboxylic acid groups (broad SMARTS) is 4. The van der Waals surface area contributed by atoms with Crippen molar-refractivity contribution in [1.82, 2.24) is 98.6 Å². The van der Waals surface area contributed by atoms with Gasteiger partial charge in [-0.05, 0) is 69.7 Å². The van der Waals surface area contributed by atoms with Crippen molar-refractivity contribution < 1.29 is 111 Å². The first-order chi connectivity index (χ1) is 49.2. The van der Waals surface area contributed by atoms with E-state index in [0.29, 0.717) is 56.3 Å². The van der Waals surface area contributed by atoms with Crippen LogP contribution in [-0.4, -0.2) is 173 Å². The van der Waals surface area contributed by atoms with Crippen molar-refractivity contribution in [3.05, 3.63) is 190 Å². The number of aryl methyl sites for hydroxylation is 10. The number of ketones is 2. The number of thiazole rings is 1. The molecule has 0 unspecified atom stereocenters. The minimum Gasteiger partial charge on any atom is -0.543 e. The molecule has 12 aromatic heterocycles. The third kappa shape index (κ3) is 20.1. The van der Waals surface area contributed by atoms with Crippen LogP contribution in [0.1, 0.15) is 109 Å². The number of hydrogen-bond acceptors (Lipinski definition) is 25. The number of carbonyl (C=O) groups is 6. The minimum absolute atomic E-state index is 0. The van der Waals surface area contributed by atoms with Gasteiger partial charge < -0.3 is 35.4 Å². The van der Waals surface area contributed by atoms with E-state index in [-0.39, 0.29) is 91.3 Å².